The fourth-order valence-corrected chi connectivity index (χ4v) is 6.97. The molecule has 3 aromatic heterocycles. The predicted molar refractivity (Wildman–Crippen MR) is 132 cm³/mol. The number of hydrogen-bond acceptors (Lipinski definition) is 4. The van der Waals surface area contributed by atoms with Crippen LogP contribution in [0.3, 0.4) is 0 Å². The minimum absolute atomic E-state index is 0.0752. The maximum Gasteiger partial charge on any atom is 0.264 e. The molecule has 0 spiro atoms. The van der Waals surface area contributed by atoms with E-state index in [2.05, 4.69) is 17.1 Å². The van der Waals surface area contributed by atoms with E-state index in [0.29, 0.717) is 32.6 Å². The molecule has 5 nitrogen and oxygen atoms in total. The van der Waals surface area contributed by atoms with Crippen LogP contribution in [-0.2, 0) is 11.2 Å². The van der Waals surface area contributed by atoms with Gasteiger partial charge >= 0.3 is 0 Å². The highest BCUT2D eigenvalue weighted by atomic mass is 32.1. The molecule has 7 heteroatoms. The van der Waals surface area contributed by atoms with Gasteiger partial charge in [-0.25, -0.2) is 0 Å². The van der Waals surface area contributed by atoms with Gasteiger partial charge in [0, 0.05) is 58.1 Å². The van der Waals surface area contributed by atoms with Gasteiger partial charge in [0.25, 0.3) is 5.91 Å². The number of carbonyl (C=O) groups excluding carboxylic acids is 2. The molecular formula is C25H21N3O2S2. The van der Waals surface area contributed by atoms with Gasteiger partial charge in [-0.3, -0.25) is 9.59 Å². The van der Waals surface area contributed by atoms with Crippen LogP contribution in [0.1, 0.15) is 15.2 Å². The molecule has 1 aliphatic heterocycles. The molecule has 0 bridgehead atoms. The van der Waals surface area contributed by atoms with Crippen molar-refractivity contribution in [3.63, 3.8) is 0 Å². The van der Waals surface area contributed by atoms with Crippen molar-refractivity contribution in [2.75, 3.05) is 26.2 Å². The summed E-state index contributed by atoms with van der Waals surface area (Å²) in [4.78, 5) is 33.8. The predicted octanol–water partition coefficient (Wildman–Crippen LogP) is 5.12. The second kappa shape index (κ2) is 7.76. The lowest BCUT2D eigenvalue weighted by Crippen LogP contribution is -2.50. The third-order valence-electron chi connectivity index (χ3n) is 6.20. The maximum absolute atomic E-state index is 13.1. The zero-order valence-corrected chi connectivity index (χ0v) is 19.0. The summed E-state index contributed by atoms with van der Waals surface area (Å²) in [6.07, 6.45) is 2.31. The first-order valence-electron chi connectivity index (χ1n) is 10.7. The number of piperazine rings is 1. The maximum atomic E-state index is 13.1. The van der Waals surface area contributed by atoms with E-state index in [-0.39, 0.29) is 11.8 Å². The van der Waals surface area contributed by atoms with E-state index in [1.165, 1.54) is 19.5 Å². The van der Waals surface area contributed by atoms with E-state index in [0.717, 1.165) is 21.3 Å². The number of carbonyl (C=O) groups is 2. The molecule has 2 amide bonds. The molecule has 32 heavy (non-hydrogen) atoms. The number of H-pyrrole nitrogens is 1. The quantitative estimate of drug-likeness (QED) is 0.407. The van der Waals surface area contributed by atoms with Crippen LogP contribution in [0.25, 0.3) is 30.4 Å². The number of para-hydroxylation sites is 1. The number of aromatic nitrogens is 1. The van der Waals surface area contributed by atoms with Crippen LogP contribution in [0.5, 0.6) is 0 Å². The normalized spacial score (nSPS) is 14.6. The number of benzene rings is 2. The number of rotatable bonds is 3. The van der Waals surface area contributed by atoms with Crippen molar-refractivity contribution in [3.8, 4) is 0 Å². The van der Waals surface area contributed by atoms with Gasteiger partial charge in [0.05, 0.1) is 16.0 Å². The van der Waals surface area contributed by atoms with Gasteiger partial charge in [0.1, 0.15) is 0 Å². The molecule has 1 saturated heterocycles. The van der Waals surface area contributed by atoms with E-state index in [1.54, 1.807) is 22.7 Å². The van der Waals surface area contributed by atoms with Gasteiger partial charge in [-0.15, -0.1) is 22.7 Å². The average molecular weight is 460 g/mol. The molecule has 0 aliphatic carbocycles. The Labute approximate surface area is 192 Å². The summed E-state index contributed by atoms with van der Waals surface area (Å²) in [5.74, 6) is 0.191. The molecular weight excluding hydrogens is 438 g/mol. The monoisotopic (exact) mass is 459 g/mol. The molecule has 5 aromatic rings. The lowest BCUT2D eigenvalue weighted by molar-refractivity contribution is -0.131. The van der Waals surface area contributed by atoms with Crippen LogP contribution >= 0.6 is 22.7 Å². The van der Waals surface area contributed by atoms with Gasteiger partial charge in [-0.2, -0.15) is 0 Å². The minimum Gasteiger partial charge on any atom is -0.361 e. The summed E-state index contributed by atoms with van der Waals surface area (Å²) in [6, 6.07) is 18.4. The Morgan fingerprint density at radius 1 is 0.844 bits per heavy atom. The van der Waals surface area contributed by atoms with Crippen molar-refractivity contribution < 1.29 is 9.59 Å². The molecule has 2 aromatic carbocycles. The van der Waals surface area contributed by atoms with Crippen LogP contribution in [0, 0.1) is 0 Å². The summed E-state index contributed by atoms with van der Waals surface area (Å²) < 4.78 is 3.63. The zero-order chi connectivity index (χ0) is 21.7. The van der Waals surface area contributed by atoms with Crippen molar-refractivity contribution in [1.29, 1.82) is 0 Å². The zero-order valence-electron chi connectivity index (χ0n) is 17.3. The third kappa shape index (κ3) is 3.29. The minimum atomic E-state index is 0.0752. The van der Waals surface area contributed by atoms with E-state index >= 15 is 0 Å². The van der Waals surface area contributed by atoms with Crippen molar-refractivity contribution in [3.05, 3.63) is 71.2 Å². The summed E-state index contributed by atoms with van der Waals surface area (Å²) in [5, 5.41) is 2.32. The first kappa shape index (κ1) is 19.5. The number of thiophene rings is 2. The van der Waals surface area contributed by atoms with Gasteiger partial charge < -0.3 is 14.8 Å². The fourth-order valence-electron chi connectivity index (χ4n) is 4.47. The first-order valence-corrected chi connectivity index (χ1v) is 12.3. The van der Waals surface area contributed by atoms with Crippen molar-refractivity contribution in [1.82, 2.24) is 14.8 Å². The molecule has 4 heterocycles. The van der Waals surface area contributed by atoms with Gasteiger partial charge in [0.15, 0.2) is 0 Å². The van der Waals surface area contributed by atoms with Crippen LogP contribution in [0.2, 0.25) is 0 Å². The number of fused-ring (bicyclic) bond motifs is 4. The van der Waals surface area contributed by atoms with Crippen LogP contribution in [0.4, 0.5) is 0 Å². The Morgan fingerprint density at radius 2 is 1.56 bits per heavy atom. The van der Waals surface area contributed by atoms with Gasteiger partial charge in [0.2, 0.25) is 5.91 Å². The van der Waals surface area contributed by atoms with E-state index in [1.807, 2.05) is 58.5 Å². The number of aromatic amines is 1. The Bertz CT molecular complexity index is 1470. The summed E-state index contributed by atoms with van der Waals surface area (Å²) in [6.45, 7) is 2.31. The van der Waals surface area contributed by atoms with Crippen molar-refractivity contribution >= 4 is 64.9 Å². The second-order valence-corrected chi connectivity index (χ2v) is 10.2. The largest absolute Gasteiger partial charge is 0.361 e. The molecule has 1 aliphatic rings. The molecule has 6 rings (SSSR count). The highest BCUT2D eigenvalue weighted by Gasteiger charge is 2.26. The van der Waals surface area contributed by atoms with Crippen LogP contribution < -0.4 is 0 Å². The fraction of sp³-hybridized carbons (Fsp3) is 0.200. The molecule has 0 saturated carbocycles. The lowest BCUT2D eigenvalue weighted by atomic mass is 10.1. The molecule has 1 fully saturated rings. The smallest absolute Gasteiger partial charge is 0.264 e. The Balaban J connectivity index is 1.13. The third-order valence-corrected chi connectivity index (χ3v) is 8.60. The molecule has 0 radical (unpaired) electrons. The summed E-state index contributed by atoms with van der Waals surface area (Å²) in [7, 11) is 0. The number of amides is 2. The van der Waals surface area contributed by atoms with Crippen molar-refractivity contribution in [2.24, 2.45) is 0 Å². The number of nitrogens with one attached hydrogen (secondary N) is 1. The molecule has 160 valence electrons. The summed E-state index contributed by atoms with van der Waals surface area (Å²) in [5.41, 5.74) is 2.07. The standard InChI is InChI=1S/C25H21N3O2S2/c29-23(13-16-15-26-19-7-3-1-5-17(16)19)27-9-11-28(12-10-27)25(30)22-14-21-24(32-22)18-6-2-4-8-20(18)31-21/h1-8,14-15,26H,9-13H2. The van der Waals surface area contributed by atoms with Gasteiger partial charge in [-0.1, -0.05) is 36.4 Å². The topological polar surface area (TPSA) is 56.4 Å². The summed E-state index contributed by atoms with van der Waals surface area (Å²) >= 11 is 3.32. The number of hydrogen-bond donors (Lipinski definition) is 1. The Morgan fingerprint density at radius 3 is 2.41 bits per heavy atom. The molecule has 0 unspecified atom stereocenters. The SMILES string of the molecule is O=C(Cc1c[nH]c2ccccc12)N1CCN(C(=O)c2cc3sc4ccccc4c3s2)CC1. The van der Waals surface area contributed by atoms with Crippen LogP contribution in [0.15, 0.2) is 60.8 Å². The highest BCUT2D eigenvalue weighted by Crippen LogP contribution is 2.39. The first-order chi connectivity index (χ1) is 15.7. The molecule has 0 atom stereocenters. The Kier molecular flexibility index (Phi) is 4.73. The van der Waals surface area contributed by atoms with E-state index < -0.39 is 0 Å². The number of nitrogens with zero attached hydrogens (tertiary/aromatic N) is 2. The van der Waals surface area contributed by atoms with Gasteiger partial charge in [-0.05, 0) is 23.8 Å². The lowest BCUT2D eigenvalue weighted by Gasteiger charge is -2.34. The Hall–Kier alpha value is -3.16. The van der Waals surface area contributed by atoms with Crippen molar-refractivity contribution in [2.45, 2.75) is 6.42 Å². The van der Waals surface area contributed by atoms with E-state index in [9.17, 15) is 9.59 Å². The molecule has 1 N–H and O–H groups in total. The average Bonchev–Trinajstić information content (AvgIpc) is 3.52. The van der Waals surface area contributed by atoms with Crippen LogP contribution in [-0.4, -0.2) is 52.8 Å². The highest BCUT2D eigenvalue weighted by molar-refractivity contribution is 7.33. The second-order valence-electron chi connectivity index (χ2n) is 8.11. The van der Waals surface area contributed by atoms with E-state index in [4.69, 9.17) is 0 Å².